The highest BCUT2D eigenvalue weighted by molar-refractivity contribution is 7.17. The number of nitrogens with zero attached hydrogens (tertiary/aromatic N) is 2. The molecule has 0 saturated heterocycles. The minimum Gasteiger partial charge on any atom is -0.288 e. The topological polar surface area (TPSA) is 50.3 Å². The molecule has 1 aliphatic rings. The molecule has 0 bridgehead atoms. The van der Waals surface area contributed by atoms with Crippen molar-refractivity contribution in [2.24, 2.45) is 0 Å². The van der Waals surface area contributed by atoms with Gasteiger partial charge in [-0.2, -0.15) is 0 Å². The van der Waals surface area contributed by atoms with Crippen LogP contribution in [0.1, 0.15) is 35.1 Å². The quantitative estimate of drug-likeness (QED) is 0.401. The molecule has 3 aromatic rings. The summed E-state index contributed by atoms with van der Waals surface area (Å²) in [5, 5.41) is 2.52. The molecule has 28 heavy (non-hydrogen) atoms. The zero-order chi connectivity index (χ0) is 19.7. The first kappa shape index (κ1) is 18.7. The molecule has 0 atom stereocenters. The van der Waals surface area contributed by atoms with E-state index in [1.807, 2.05) is 11.4 Å². The van der Waals surface area contributed by atoms with Gasteiger partial charge in [-0.3, -0.25) is 14.5 Å². The fraction of sp³-hybridized carbons (Fsp3) is 0.190. The van der Waals surface area contributed by atoms with Crippen molar-refractivity contribution in [1.29, 1.82) is 0 Å². The maximum absolute atomic E-state index is 13.1. The van der Waals surface area contributed by atoms with Crippen LogP contribution in [-0.2, 0) is 4.79 Å². The van der Waals surface area contributed by atoms with Crippen LogP contribution in [0.5, 0.6) is 0 Å². The average Bonchev–Trinajstić information content (AvgIpc) is 3.18. The minimum atomic E-state index is -0.285. The number of halogens is 1. The number of carbonyl (C=O) groups is 2. The third kappa shape index (κ3) is 4.10. The predicted molar refractivity (Wildman–Crippen MR) is 111 cm³/mol. The molecule has 1 aromatic carbocycles. The van der Waals surface area contributed by atoms with Crippen molar-refractivity contribution >= 4 is 45.6 Å². The molecule has 4 nitrogen and oxygen atoms in total. The van der Waals surface area contributed by atoms with Crippen LogP contribution in [0.15, 0.2) is 47.9 Å². The molecule has 2 aromatic heterocycles. The molecule has 1 saturated carbocycles. The first-order valence-corrected chi connectivity index (χ1v) is 10.5. The van der Waals surface area contributed by atoms with Gasteiger partial charge in [-0.15, -0.1) is 22.7 Å². The summed E-state index contributed by atoms with van der Waals surface area (Å²) in [5.74, 6) is -0.402. The Hall–Kier alpha value is -2.64. The number of ketones is 1. The SMILES string of the molecule is CC(=O)N(c1nc(/C=C/C(=O)c2ccc(-c3ccc(F)cc3)s2)cs1)C1CC1. The van der Waals surface area contributed by atoms with Crippen LogP contribution in [-0.4, -0.2) is 22.7 Å². The summed E-state index contributed by atoms with van der Waals surface area (Å²) in [7, 11) is 0. The van der Waals surface area contributed by atoms with Crippen molar-refractivity contribution in [2.45, 2.75) is 25.8 Å². The number of rotatable bonds is 6. The second-order valence-electron chi connectivity index (χ2n) is 6.54. The Morgan fingerprint density at radius 1 is 1.18 bits per heavy atom. The van der Waals surface area contributed by atoms with Gasteiger partial charge in [-0.25, -0.2) is 9.37 Å². The summed E-state index contributed by atoms with van der Waals surface area (Å²) >= 11 is 2.78. The molecule has 0 radical (unpaired) electrons. The molecular formula is C21H17FN2O2S2. The molecule has 1 fully saturated rings. The lowest BCUT2D eigenvalue weighted by Crippen LogP contribution is -2.30. The van der Waals surface area contributed by atoms with Crippen LogP contribution < -0.4 is 4.90 Å². The number of allylic oxidation sites excluding steroid dienone is 1. The molecule has 4 rings (SSSR count). The highest BCUT2D eigenvalue weighted by Gasteiger charge is 2.33. The van der Waals surface area contributed by atoms with Gasteiger partial charge in [-0.1, -0.05) is 12.1 Å². The zero-order valence-corrected chi connectivity index (χ0v) is 16.7. The van der Waals surface area contributed by atoms with Gasteiger partial charge in [0.25, 0.3) is 0 Å². The molecule has 0 N–H and O–H groups in total. The summed E-state index contributed by atoms with van der Waals surface area (Å²) in [6, 6.07) is 10.1. The van der Waals surface area contributed by atoms with E-state index < -0.39 is 0 Å². The average molecular weight is 413 g/mol. The summed E-state index contributed by atoms with van der Waals surface area (Å²) in [6.45, 7) is 1.55. The Kier molecular flexibility index (Phi) is 5.19. The van der Waals surface area contributed by atoms with Crippen molar-refractivity contribution in [1.82, 2.24) is 4.98 Å². The Labute approximate surface area is 170 Å². The number of benzene rings is 1. The van der Waals surface area contributed by atoms with Crippen LogP contribution in [0.3, 0.4) is 0 Å². The van der Waals surface area contributed by atoms with Crippen molar-refractivity contribution in [2.75, 3.05) is 4.90 Å². The standard InChI is InChI=1S/C21H17FN2O2S2/c1-13(25)24(17-7-8-17)21-23-16(12-27-21)6-9-18(26)20-11-10-19(28-20)14-2-4-15(22)5-3-14/h2-6,9-12,17H,7-8H2,1H3/b9-6+. The maximum atomic E-state index is 13.1. The summed E-state index contributed by atoms with van der Waals surface area (Å²) in [6.07, 6.45) is 5.19. The van der Waals surface area contributed by atoms with Crippen LogP contribution in [0, 0.1) is 5.82 Å². The molecule has 7 heteroatoms. The zero-order valence-electron chi connectivity index (χ0n) is 15.1. The smallest absolute Gasteiger partial charge is 0.225 e. The van der Waals surface area contributed by atoms with Gasteiger partial charge in [-0.05, 0) is 54.8 Å². The predicted octanol–water partition coefficient (Wildman–Crippen LogP) is 5.42. The van der Waals surface area contributed by atoms with Crippen molar-refractivity contribution in [3.05, 3.63) is 64.2 Å². The Bertz CT molecular complexity index is 1050. The summed E-state index contributed by atoms with van der Waals surface area (Å²) < 4.78 is 13.1. The van der Waals surface area contributed by atoms with Crippen molar-refractivity contribution in [3.8, 4) is 10.4 Å². The highest BCUT2D eigenvalue weighted by Crippen LogP contribution is 2.34. The summed E-state index contributed by atoms with van der Waals surface area (Å²) in [5.41, 5.74) is 1.54. The number of hydrogen-bond acceptors (Lipinski definition) is 5. The fourth-order valence-electron chi connectivity index (χ4n) is 2.83. The van der Waals surface area contributed by atoms with E-state index in [-0.39, 0.29) is 23.5 Å². The second kappa shape index (κ2) is 7.77. The molecule has 1 aliphatic carbocycles. The van der Waals surface area contributed by atoms with Crippen molar-refractivity contribution < 1.29 is 14.0 Å². The first-order valence-electron chi connectivity index (χ1n) is 8.85. The lowest BCUT2D eigenvalue weighted by atomic mass is 10.2. The Morgan fingerprint density at radius 2 is 1.93 bits per heavy atom. The van der Waals surface area contributed by atoms with E-state index in [1.165, 1.54) is 40.9 Å². The first-order chi connectivity index (χ1) is 13.5. The van der Waals surface area contributed by atoms with E-state index >= 15 is 0 Å². The number of hydrogen-bond donors (Lipinski definition) is 0. The second-order valence-corrected chi connectivity index (χ2v) is 8.46. The largest absolute Gasteiger partial charge is 0.288 e. The number of thiophene rings is 1. The normalized spacial score (nSPS) is 13.8. The van der Waals surface area contributed by atoms with Crippen LogP contribution >= 0.6 is 22.7 Å². The van der Waals surface area contributed by atoms with E-state index in [1.54, 1.807) is 36.1 Å². The van der Waals surface area contributed by atoms with E-state index in [9.17, 15) is 14.0 Å². The number of carbonyl (C=O) groups excluding carboxylic acids is 2. The van der Waals surface area contributed by atoms with Gasteiger partial charge in [0.1, 0.15) is 5.82 Å². The van der Waals surface area contributed by atoms with Gasteiger partial charge in [0, 0.05) is 23.2 Å². The number of thiazole rings is 1. The van der Waals surface area contributed by atoms with E-state index in [2.05, 4.69) is 4.98 Å². The third-order valence-electron chi connectivity index (χ3n) is 4.35. The maximum Gasteiger partial charge on any atom is 0.225 e. The molecule has 0 spiro atoms. The van der Waals surface area contributed by atoms with Crippen molar-refractivity contribution in [3.63, 3.8) is 0 Å². The van der Waals surface area contributed by atoms with Gasteiger partial charge < -0.3 is 0 Å². The number of aromatic nitrogens is 1. The van der Waals surface area contributed by atoms with E-state index in [0.29, 0.717) is 15.7 Å². The lowest BCUT2D eigenvalue weighted by molar-refractivity contribution is -0.116. The summed E-state index contributed by atoms with van der Waals surface area (Å²) in [4.78, 5) is 32.0. The molecule has 2 heterocycles. The minimum absolute atomic E-state index is 0.00429. The lowest BCUT2D eigenvalue weighted by Gasteiger charge is -2.16. The van der Waals surface area contributed by atoms with Gasteiger partial charge in [0.15, 0.2) is 10.9 Å². The molecule has 142 valence electrons. The molecule has 0 unspecified atom stereocenters. The molecule has 0 aliphatic heterocycles. The molecular weight excluding hydrogens is 395 g/mol. The van der Waals surface area contributed by atoms with Crippen LogP contribution in [0.2, 0.25) is 0 Å². The third-order valence-corrected chi connectivity index (χ3v) is 6.36. The highest BCUT2D eigenvalue weighted by atomic mass is 32.1. The number of anilines is 1. The van der Waals surface area contributed by atoms with Gasteiger partial charge in [0.05, 0.1) is 10.6 Å². The van der Waals surface area contributed by atoms with Gasteiger partial charge in [0.2, 0.25) is 5.91 Å². The van der Waals surface area contributed by atoms with Gasteiger partial charge >= 0.3 is 0 Å². The Morgan fingerprint density at radius 3 is 2.61 bits per heavy atom. The number of amides is 1. The van der Waals surface area contributed by atoms with E-state index in [0.717, 1.165) is 23.3 Å². The fourth-order valence-corrected chi connectivity index (χ4v) is 4.67. The van der Waals surface area contributed by atoms with Crippen LogP contribution in [0.25, 0.3) is 16.5 Å². The molecule has 1 amide bonds. The van der Waals surface area contributed by atoms with Crippen LogP contribution in [0.4, 0.5) is 9.52 Å². The monoisotopic (exact) mass is 412 g/mol. The van der Waals surface area contributed by atoms with E-state index in [4.69, 9.17) is 0 Å². The Balaban J connectivity index is 1.46.